The maximum absolute atomic E-state index is 11.6. The molecule has 0 saturated heterocycles. The fraction of sp³-hybridized carbons (Fsp3) is 0.467. The zero-order chi connectivity index (χ0) is 15.7. The number of hydrogen-bond acceptors (Lipinski definition) is 5. The van der Waals surface area contributed by atoms with Crippen molar-refractivity contribution in [3.63, 3.8) is 0 Å². The van der Waals surface area contributed by atoms with E-state index in [2.05, 4.69) is 0 Å². The smallest absolute Gasteiger partial charge is 0.305 e. The lowest BCUT2D eigenvalue weighted by Crippen LogP contribution is -2.45. The maximum Gasteiger partial charge on any atom is 0.305 e. The Morgan fingerprint density at radius 1 is 1.10 bits per heavy atom. The Labute approximate surface area is 127 Å². The van der Waals surface area contributed by atoms with Gasteiger partial charge in [0, 0.05) is 12.8 Å². The number of carbonyl (C=O) groups is 2. The molecular weight excluding hydrogens is 288 g/mol. The van der Waals surface area contributed by atoms with Crippen LogP contribution < -0.4 is 5.19 Å². The first kappa shape index (κ1) is 17.4. The lowest BCUT2D eigenvalue weighted by Gasteiger charge is -2.25. The molecule has 0 saturated carbocycles. The number of aliphatic hydroxyl groups excluding tert-OH is 1. The Morgan fingerprint density at radius 2 is 1.67 bits per heavy atom. The lowest BCUT2D eigenvalue weighted by atomic mass is 10.3. The summed E-state index contributed by atoms with van der Waals surface area (Å²) in [4.78, 5) is 23.0. The molecular formula is C15H21O5Si. The van der Waals surface area contributed by atoms with Gasteiger partial charge in [-0.25, -0.2) is 0 Å². The van der Waals surface area contributed by atoms with Crippen molar-refractivity contribution in [2.75, 3.05) is 6.61 Å². The van der Waals surface area contributed by atoms with Crippen molar-refractivity contribution < 1.29 is 24.2 Å². The summed E-state index contributed by atoms with van der Waals surface area (Å²) in [7, 11) is -0.470. The summed E-state index contributed by atoms with van der Waals surface area (Å²) in [6.07, 6.45) is -0.362. The fourth-order valence-corrected chi connectivity index (χ4v) is 3.13. The second-order valence-corrected chi connectivity index (χ2v) is 6.11. The third-order valence-electron chi connectivity index (χ3n) is 2.83. The first-order chi connectivity index (χ1) is 10.1. The first-order valence-corrected chi connectivity index (χ1v) is 8.24. The predicted octanol–water partition coefficient (Wildman–Crippen LogP) is 0.342. The molecule has 0 heterocycles. The second-order valence-electron chi connectivity index (χ2n) is 4.45. The fourth-order valence-electron chi connectivity index (χ4n) is 1.67. The summed E-state index contributed by atoms with van der Waals surface area (Å²) in [6, 6.07) is 9.55. The summed E-state index contributed by atoms with van der Waals surface area (Å²) in [5.41, 5.74) is -0.611. The topological polar surface area (TPSA) is 72.8 Å². The van der Waals surface area contributed by atoms with Gasteiger partial charge in [0.2, 0.25) is 0 Å². The number of hydrogen-bond donors (Lipinski definition) is 1. The van der Waals surface area contributed by atoms with Gasteiger partial charge in [-0.05, 0) is 0 Å². The zero-order valence-corrected chi connectivity index (χ0v) is 13.5. The van der Waals surface area contributed by atoms with E-state index in [-0.39, 0.29) is 25.4 Å². The van der Waals surface area contributed by atoms with Crippen LogP contribution in [-0.4, -0.2) is 45.0 Å². The van der Waals surface area contributed by atoms with Crippen molar-refractivity contribution >= 4 is 26.6 Å². The normalized spacial score (nSPS) is 13.3. The van der Waals surface area contributed by atoms with Crippen LogP contribution in [0.5, 0.6) is 0 Å². The van der Waals surface area contributed by atoms with E-state index in [1.165, 1.54) is 0 Å². The van der Waals surface area contributed by atoms with Crippen LogP contribution in [-0.2, 0) is 19.1 Å². The largest absolute Gasteiger partial charge is 0.462 e. The molecule has 1 rings (SSSR count). The molecule has 115 valence electrons. The Kier molecular flexibility index (Phi) is 7.71. The van der Waals surface area contributed by atoms with E-state index in [4.69, 9.17) is 9.47 Å². The molecule has 1 N–H and O–H groups in total. The van der Waals surface area contributed by atoms with E-state index < -0.39 is 27.3 Å². The Hall–Kier alpha value is -1.66. The third-order valence-corrected chi connectivity index (χ3v) is 4.49. The van der Waals surface area contributed by atoms with Crippen LogP contribution in [0.3, 0.4) is 0 Å². The zero-order valence-electron chi connectivity index (χ0n) is 12.3. The molecule has 6 heteroatoms. The highest BCUT2D eigenvalue weighted by molar-refractivity contribution is 6.55. The molecule has 0 spiro atoms. The van der Waals surface area contributed by atoms with Gasteiger partial charge in [0.25, 0.3) is 0 Å². The molecule has 2 unspecified atom stereocenters. The molecule has 21 heavy (non-hydrogen) atoms. The minimum Gasteiger partial charge on any atom is -0.462 e. The number of rotatable bonds is 8. The molecule has 0 aromatic heterocycles. The second kappa shape index (κ2) is 9.31. The molecule has 1 radical (unpaired) electrons. The number of carbonyl (C=O) groups excluding carboxylic acids is 2. The average Bonchev–Trinajstić information content (AvgIpc) is 2.52. The average molecular weight is 309 g/mol. The standard InChI is InChI=1S/C15H21O5Si/c1-3-13(17)19-12(10-16)15(20-14(18)4-2)21-11-8-6-5-7-9-11/h5-9,12,15-16,21H,3-4,10H2,1-2H3. The van der Waals surface area contributed by atoms with Gasteiger partial charge >= 0.3 is 11.9 Å². The van der Waals surface area contributed by atoms with Crippen LogP contribution in [0.2, 0.25) is 0 Å². The Balaban J connectivity index is 2.83. The van der Waals surface area contributed by atoms with Crippen LogP contribution in [0.15, 0.2) is 30.3 Å². The van der Waals surface area contributed by atoms with E-state index in [0.717, 1.165) is 5.19 Å². The van der Waals surface area contributed by atoms with Crippen molar-refractivity contribution in [1.29, 1.82) is 0 Å². The monoisotopic (exact) mass is 309 g/mol. The predicted molar refractivity (Wildman–Crippen MR) is 80.7 cm³/mol. The molecule has 0 fully saturated rings. The summed E-state index contributed by atoms with van der Waals surface area (Å²) in [5.74, 6) is -0.784. The number of ether oxygens (including phenoxy) is 2. The molecule has 2 atom stereocenters. The maximum atomic E-state index is 11.6. The van der Waals surface area contributed by atoms with Gasteiger partial charge in [-0.1, -0.05) is 49.4 Å². The summed E-state index contributed by atoms with van der Waals surface area (Å²) in [6.45, 7) is 3.00. The van der Waals surface area contributed by atoms with Gasteiger partial charge in [0.15, 0.2) is 6.10 Å². The van der Waals surface area contributed by atoms with Crippen LogP contribution in [0.4, 0.5) is 0 Å². The molecule has 0 aliphatic carbocycles. The molecule has 1 aromatic rings. The summed E-state index contributed by atoms with van der Waals surface area (Å²) < 4.78 is 10.5. The van der Waals surface area contributed by atoms with Crippen molar-refractivity contribution in [2.45, 2.75) is 38.5 Å². The van der Waals surface area contributed by atoms with Gasteiger partial charge in [-0.3, -0.25) is 9.59 Å². The summed E-state index contributed by atoms with van der Waals surface area (Å²) in [5, 5.41) is 10.5. The summed E-state index contributed by atoms with van der Waals surface area (Å²) >= 11 is 0. The van der Waals surface area contributed by atoms with Crippen LogP contribution in [0, 0.1) is 0 Å². The van der Waals surface area contributed by atoms with E-state index in [9.17, 15) is 14.7 Å². The molecule has 0 aliphatic rings. The van der Waals surface area contributed by atoms with Crippen molar-refractivity contribution in [3.8, 4) is 0 Å². The van der Waals surface area contributed by atoms with Gasteiger partial charge in [-0.2, -0.15) is 0 Å². The minimum atomic E-state index is -0.817. The first-order valence-electron chi connectivity index (χ1n) is 7.00. The Morgan fingerprint density at radius 3 is 2.19 bits per heavy atom. The molecule has 5 nitrogen and oxygen atoms in total. The van der Waals surface area contributed by atoms with Crippen molar-refractivity contribution in [1.82, 2.24) is 0 Å². The van der Waals surface area contributed by atoms with Crippen LogP contribution >= 0.6 is 0 Å². The highest BCUT2D eigenvalue weighted by Crippen LogP contribution is 2.07. The highest BCUT2D eigenvalue weighted by atomic mass is 28.2. The SMILES string of the molecule is CCC(=O)OC(CO)C(OC(=O)CC)[SiH]c1ccccc1. The third kappa shape index (κ3) is 6.09. The minimum absolute atomic E-state index is 0.214. The van der Waals surface area contributed by atoms with Crippen LogP contribution in [0.25, 0.3) is 0 Å². The van der Waals surface area contributed by atoms with Gasteiger partial charge in [-0.15, -0.1) is 0 Å². The lowest BCUT2D eigenvalue weighted by molar-refractivity contribution is -0.164. The molecule has 0 aliphatic heterocycles. The molecule has 0 bridgehead atoms. The number of aliphatic hydroxyl groups is 1. The van der Waals surface area contributed by atoms with Crippen molar-refractivity contribution in [2.24, 2.45) is 0 Å². The van der Waals surface area contributed by atoms with E-state index in [1.807, 2.05) is 30.3 Å². The van der Waals surface area contributed by atoms with E-state index in [0.29, 0.717) is 0 Å². The van der Waals surface area contributed by atoms with Gasteiger partial charge in [0.05, 0.1) is 6.61 Å². The van der Waals surface area contributed by atoms with E-state index >= 15 is 0 Å². The molecule has 0 amide bonds. The molecule has 1 aromatic carbocycles. The quantitative estimate of drug-likeness (QED) is 0.554. The van der Waals surface area contributed by atoms with Gasteiger partial charge < -0.3 is 14.6 Å². The van der Waals surface area contributed by atoms with E-state index in [1.54, 1.807) is 13.8 Å². The highest BCUT2D eigenvalue weighted by Gasteiger charge is 2.28. The van der Waals surface area contributed by atoms with Crippen LogP contribution in [0.1, 0.15) is 26.7 Å². The Bertz CT molecular complexity index is 449. The number of esters is 2. The number of benzene rings is 1. The van der Waals surface area contributed by atoms with Gasteiger partial charge in [0.1, 0.15) is 15.2 Å². The van der Waals surface area contributed by atoms with Crippen molar-refractivity contribution in [3.05, 3.63) is 30.3 Å².